The molecule has 0 aliphatic carbocycles. The summed E-state index contributed by atoms with van der Waals surface area (Å²) >= 11 is 0. The summed E-state index contributed by atoms with van der Waals surface area (Å²) < 4.78 is 3.02. The number of nitrogens with zero attached hydrogens (tertiary/aromatic N) is 3. The highest BCUT2D eigenvalue weighted by molar-refractivity contribution is 5.27. The van der Waals surface area contributed by atoms with E-state index in [-0.39, 0.29) is 0 Å². The second-order valence-corrected chi connectivity index (χ2v) is 2.60. The van der Waals surface area contributed by atoms with E-state index in [1.54, 1.807) is 17.0 Å². The van der Waals surface area contributed by atoms with E-state index in [1.807, 2.05) is 6.92 Å². The Hall–Kier alpha value is -1.85. The minimum Gasteiger partial charge on any atom is -0.317 e. The number of aryl methyl sites for hydroxylation is 1. The van der Waals surface area contributed by atoms with E-state index in [4.69, 9.17) is 0 Å². The third kappa shape index (κ3) is 1.07. The number of aromatic nitrogens is 4. The number of fused-ring (bicyclic) bond motifs is 1. The van der Waals surface area contributed by atoms with E-state index in [0.717, 1.165) is 0 Å². The first-order valence-electron chi connectivity index (χ1n) is 3.90. The second-order valence-electron chi connectivity index (χ2n) is 2.60. The quantitative estimate of drug-likeness (QED) is 0.624. The molecule has 0 unspecified atom stereocenters. The fourth-order valence-corrected chi connectivity index (χ4v) is 1.21. The number of imidazole rings is 1. The van der Waals surface area contributed by atoms with Crippen LogP contribution in [0.5, 0.6) is 0 Å². The molecule has 2 rings (SSSR count). The van der Waals surface area contributed by atoms with Gasteiger partial charge in [-0.05, 0) is 6.92 Å². The third-order valence-corrected chi connectivity index (χ3v) is 1.84. The highest BCUT2D eigenvalue weighted by atomic mass is 16.2. The lowest BCUT2D eigenvalue weighted by molar-refractivity contribution is 0.762. The standard InChI is InChI=1S/C7H8N4O2/c1-2-10-3-4-11-6(10)8-5(12)9-7(11)13/h3-4H,2H2,1H3,(H,9,12,13). The number of H-pyrrole nitrogens is 1. The topological polar surface area (TPSA) is 72.2 Å². The fraction of sp³-hybridized carbons (Fsp3) is 0.286. The average Bonchev–Trinajstić information content (AvgIpc) is 2.47. The SMILES string of the molecule is CCn1ccn2c(=O)[nH]c(=O)nc12. The van der Waals surface area contributed by atoms with Gasteiger partial charge in [0.25, 0.3) is 0 Å². The lowest BCUT2D eigenvalue weighted by Gasteiger charge is -1.96. The largest absolute Gasteiger partial charge is 0.352 e. The van der Waals surface area contributed by atoms with Crippen LogP contribution >= 0.6 is 0 Å². The summed E-state index contributed by atoms with van der Waals surface area (Å²) in [5, 5.41) is 0. The van der Waals surface area contributed by atoms with E-state index in [9.17, 15) is 9.59 Å². The van der Waals surface area contributed by atoms with Crippen molar-refractivity contribution in [2.75, 3.05) is 0 Å². The van der Waals surface area contributed by atoms with Gasteiger partial charge in [-0.3, -0.25) is 4.98 Å². The van der Waals surface area contributed by atoms with Gasteiger partial charge in [-0.1, -0.05) is 0 Å². The second kappa shape index (κ2) is 2.58. The molecular weight excluding hydrogens is 172 g/mol. The Balaban J connectivity index is 2.98. The molecule has 6 heteroatoms. The molecule has 0 amide bonds. The van der Waals surface area contributed by atoms with Crippen molar-refractivity contribution in [3.05, 3.63) is 33.4 Å². The van der Waals surface area contributed by atoms with E-state index in [2.05, 4.69) is 9.97 Å². The van der Waals surface area contributed by atoms with Crippen molar-refractivity contribution >= 4 is 5.78 Å². The summed E-state index contributed by atoms with van der Waals surface area (Å²) in [6.45, 7) is 2.58. The van der Waals surface area contributed by atoms with Crippen LogP contribution in [-0.4, -0.2) is 18.9 Å². The van der Waals surface area contributed by atoms with Crippen molar-refractivity contribution in [1.29, 1.82) is 0 Å². The zero-order valence-electron chi connectivity index (χ0n) is 7.02. The monoisotopic (exact) mass is 180 g/mol. The number of rotatable bonds is 1. The first-order chi connectivity index (χ1) is 6.22. The van der Waals surface area contributed by atoms with Crippen LogP contribution in [0.1, 0.15) is 6.92 Å². The van der Waals surface area contributed by atoms with Gasteiger partial charge >= 0.3 is 11.4 Å². The summed E-state index contributed by atoms with van der Waals surface area (Å²) in [6, 6.07) is 0. The summed E-state index contributed by atoms with van der Waals surface area (Å²) in [4.78, 5) is 27.8. The van der Waals surface area contributed by atoms with Crippen LogP contribution in [-0.2, 0) is 6.54 Å². The third-order valence-electron chi connectivity index (χ3n) is 1.84. The normalized spacial score (nSPS) is 10.8. The summed E-state index contributed by atoms with van der Waals surface area (Å²) in [5.41, 5.74) is -1.07. The van der Waals surface area contributed by atoms with Crippen molar-refractivity contribution in [3.8, 4) is 0 Å². The van der Waals surface area contributed by atoms with Crippen LogP contribution in [0.25, 0.3) is 5.78 Å². The van der Waals surface area contributed by atoms with Crippen LogP contribution in [0.4, 0.5) is 0 Å². The van der Waals surface area contributed by atoms with Crippen molar-refractivity contribution in [1.82, 2.24) is 18.9 Å². The molecule has 0 bridgehead atoms. The van der Waals surface area contributed by atoms with Gasteiger partial charge in [-0.2, -0.15) is 4.98 Å². The molecule has 0 radical (unpaired) electrons. The molecule has 0 spiro atoms. The lowest BCUT2D eigenvalue weighted by atomic mass is 10.7. The lowest BCUT2D eigenvalue weighted by Crippen LogP contribution is -2.28. The minimum atomic E-state index is -0.613. The van der Waals surface area contributed by atoms with Crippen molar-refractivity contribution < 1.29 is 0 Å². The number of hydrogen-bond donors (Lipinski definition) is 1. The van der Waals surface area contributed by atoms with Gasteiger partial charge in [0, 0.05) is 18.9 Å². The molecular formula is C7H8N4O2. The van der Waals surface area contributed by atoms with Gasteiger partial charge < -0.3 is 4.57 Å². The molecule has 0 saturated heterocycles. The molecule has 0 atom stereocenters. The summed E-state index contributed by atoms with van der Waals surface area (Å²) in [6.07, 6.45) is 3.28. The molecule has 0 saturated carbocycles. The van der Waals surface area contributed by atoms with E-state index in [0.29, 0.717) is 12.3 Å². The average molecular weight is 180 g/mol. The van der Waals surface area contributed by atoms with E-state index in [1.165, 1.54) is 4.40 Å². The fourth-order valence-electron chi connectivity index (χ4n) is 1.21. The Bertz CT molecular complexity index is 547. The molecule has 0 aliphatic rings. The molecule has 2 heterocycles. The maximum atomic E-state index is 11.2. The highest BCUT2D eigenvalue weighted by Crippen LogP contribution is 1.95. The molecule has 6 nitrogen and oxygen atoms in total. The molecule has 0 fully saturated rings. The van der Waals surface area contributed by atoms with Gasteiger partial charge in [-0.25, -0.2) is 14.0 Å². The van der Waals surface area contributed by atoms with Crippen molar-refractivity contribution in [2.45, 2.75) is 13.5 Å². The molecule has 68 valence electrons. The summed E-state index contributed by atoms with van der Waals surface area (Å²) in [5.74, 6) is 0.372. The Kier molecular flexibility index (Phi) is 1.54. The maximum absolute atomic E-state index is 11.2. The molecule has 13 heavy (non-hydrogen) atoms. The smallest absolute Gasteiger partial charge is 0.317 e. The van der Waals surface area contributed by atoms with E-state index < -0.39 is 11.4 Å². The Morgan fingerprint density at radius 1 is 1.46 bits per heavy atom. The minimum absolute atomic E-state index is 0.372. The molecule has 0 aliphatic heterocycles. The Morgan fingerprint density at radius 2 is 2.23 bits per heavy atom. The van der Waals surface area contributed by atoms with Crippen LogP contribution < -0.4 is 11.4 Å². The summed E-state index contributed by atoms with van der Waals surface area (Å²) in [7, 11) is 0. The first-order valence-corrected chi connectivity index (χ1v) is 3.90. The van der Waals surface area contributed by atoms with Gasteiger partial charge in [0.1, 0.15) is 0 Å². The van der Waals surface area contributed by atoms with Crippen LogP contribution in [0.15, 0.2) is 22.0 Å². The molecule has 2 aromatic heterocycles. The zero-order valence-corrected chi connectivity index (χ0v) is 7.02. The predicted octanol–water partition coefficient (Wildman–Crippen LogP) is -0.796. The van der Waals surface area contributed by atoms with Crippen molar-refractivity contribution in [2.24, 2.45) is 0 Å². The van der Waals surface area contributed by atoms with Gasteiger partial charge in [0.2, 0.25) is 5.78 Å². The number of nitrogens with one attached hydrogen (secondary N) is 1. The first kappa shape index (κ1) is 7.78. The molecule has 1 N–H and O–H groups in total. The zero-order chi connectivity index (χ0) is 9.42. The predicted molar refractivity (Wildman–Crippen MR) is 45.7 cm³/mol. The van der Waals surface area contributed by atoms with E-state index >= 15 is 0 Å². The van der Waals surface area contributed by atoms with Crippen LogP contribution in [0.2, 0.25) is 0 Å². The number of hydrogen-bond acceptors (Lipinski definition) is 3. The van der Waals surface area contributed by atoms with Crippen LogP contribution in [0, 0.1) is 0 Å². The Labute approximate surface area is 72.5 Å². The highest BCUT2D eigenvalue weighted by Gasteiger charge is 2.02. The van der Waals surface area contributed by atoms with Gasteiger partial charge in [0.15, 0.2) is 0 Å². The molecule has 0 aromatic carbocycles. The van der Waals surface area contributed by atoms with Crippen molar-refractivity contribution in [3.63, 3.8) is 0 Å². The van der Waals surface area contributed by atoms with Gasteiger partial charge in [0.05, 0.1) is 0 Å². The molecule has 2 aromatic rings. The van der Waals surface area contributed by atoms with Crippen LogP contribution in [0.3, 0.4) is 0 Å². The number of aromatic amines is 1. The van der Waals surface area contributed by atoms with Gasteiger partial charge in [-0.15, -0.1) is 0 Å². The Morgan fingerprint density at radius 3 is 2.92 bits per heavy atom. The maximum Gasteiger partial charge on any atom is 0.352 e.